The number of carbonyl (C=O) groups excluding carboxylic acids is 1. The standard InChI is InChI=1S/C21H24N2O5S2/c1-28-17-10-12-19(13-11-17)30(26,27)23-14-6-5-7-16(20(23)21(24)22-25)15-29-18-8-3-2-4-9-18/h2-6,8-13,16,20,25H,7,14-15H2,1H3,(H,22,24). The summed E-state index contributed by atoms with van der Waals surface area (Å²) in [5.74, 6) is -0.0174. The van der Waals surface area contributed by atoms with Gasteiger partial charge in [-0.1, -0.05) is 30.4 Å². The van der Waals surface area contributed by atoms with E-state index in [0.717, 1.165) is 9.20 Å². The largest absolute Gasteiger partial charge is 0.497 e. The Kier molecular flexibility index (Phi) is 7.54. The third kappa shape index (κ3) is 5.04. The molecule has 0 saturated carbocycles. The van der Waals surface area contributed by atoms with Gasteiger partial charge in [-0.25, -0.2) is 13.9 Å². The van der Waals surface area contributed by atoms with Crippen molar-refractivity contribution in [2.75, 3.05) is 19.4 Å². The van der Waals surface area contributed by atoms with Crippen LogP contribution in [-0.4, -0.2) is 49.3 Å². The van der Waals surface area contributed by atoms with Crippen LogP contribution in [0.1, 0.15) is 6.42 Å². The highest BCUT2D eigenvalue weighted by atomic mass is 32.2. The van der Waals surface area contributed by atoms with Crippen molar-refractivity contribution in [3.05, 3.63) is 66.7 Å². The number of methoxy groups -OCH3 is 1. The molecule has 0 radical (unpaired) electrons. The molecule has 3 rings (SSSR count). The molecule has 0 aromatic heterocycles. The number of sulfonamides is 1. The first-order valence-electron chi connectivity index (χ1n) is 9.40. The first-order valence-corrected chi connectivity index (χ1v) is 11.8. The van der Waals surface area contributed by atoms with Gasteiger partial charge in [0.2, 0.25) is 10.0 Å². The first kappa shape index (κ1) is 22.4. The molecule has 1 aliphatic rings. The number of allylic oxidation sites excluding steroid dienone is 1. The Labute approximate surface area is 180 Å². The Bertz CT molecular complexity index is 978. The van der Waals surface area contributed by atoms with Gasteiger partial charge in [0.15, 0.2) is 0 Å². The van der Waals surface area contributed by atoms with Gasteiger partial charge >= 0.3 is 0 Å². The number of rotatable bonds is 7. The van der Waals surface area contributed by atoms with Gasteiger partial charge < -0.3 is 4.74 Å². The maximum atomic E-state index is 13.4. The molecule has 0 fully saturated rings. The highest BCUT2D eigenvalue weighted by Gasteiger charge is 2.41. The summed E-state index contributed by atoms with van der Waals surface area (Å²) < 4.78 is 33.0. The zero-order chi connectivity index (χ0) is 21.6. The summed E-state index contributed by atoms with van der Waals surface area (Å²) >= 11 is 1.55. The molecule has 2 N–H and O–H groups in total. The van der Waals surface area contributed by atoms with E-state index in [-0.39, 0.29) is 17.4 Å². The molecule has 1 aliphatic heterocycles. The molecule has 160 valence electrons. The predicted molar refractivity (Wildman–Crippen MR) is 115 cm³/mol. The molecule has 9 heteroatoms. The summed E-state index contributed by atoms with van der Waals surface area (Å²) in [7, 11) is -2.49. The summed E-state index contributed by atoms with van der Waals surface area (Å²) in [4.78, 5) is 13.7. The topological polar surface area (TPSA) is 95.9 Å². The number of hydrogen-bond acceptors (Lipinski definition) is 6. The zero-order valence-corrected chi connectivity index (χ0v) is 18.1. The van der Waals surface area contributed by atoms with Gasteiger partial charge in [0.05, 0.1) is 12.0 Å². The Hall–Kier alpha value is -2.33. The predicted octanol–water partition coefficient (Wildman–Crippen LogP) is 2.93. The van der Waals surface area contributed by atoms with E-state index < -0.39 is 22.0 Å². The van der Waals surface area contributed by atoms with Crippen LogP contribution in [-0.2, 0) is 14.8 Å². The quantitative estimate of drug-likeness (QED) is 0.293. The lowest BCUT2D eigenvalue weighted by atomic mass is 9.98. The molecule has 1 heterocycles. The number of amides is 1. The van der Waals surface area contributed by atoms with Crippen LogP contribution in [0, 0.1) is 5.92 Å². The van der Waals surface area contributed by atoms with Gasteiger partial charge in [0.1, 0.15) is 11.8 Å². The average molecular weight is 449 g/mol. The minimum atomic E-state index is -3.99. The van der Waals surface area contributed by atoms with Gasteiger partial charge in [-0.15, -0.1) is 11.8 Å². The summed E-state index contributed by atoms with van der Waals surface area (Å²) in [6, 6.07) is 14.7. The molecule has 2 atom stereocenters. The third-order valence-electron chi connectivity index (χ3n) is 4.90. The number of carbonyl (C=O) groups is 1. The number of nitrogens with zero attached hydrogens (tertiary/aromatic N) is 1. The van der Waals surface area contributed by atoms with Crippen LogP contribution in [0.4, 0.5) is 0 Å². The molecule has 1 amide bonds. The summed E-state index contributed by atoms with van der Waals surface area (Å²) in [5.41, 5.74) is 1.66. The molecule has 0 bridgehead atoms. The van der Waals surface area contributed by atoms with Crippen molar-refractivity contribution in [2.24, 2.45) is 5.92 Å². The second kappa shape index (κ2) is 10.1. The number of ether oxygens (including phenoxy) is 1. The van der Waals surface area contributed by atoms with E-state index in [1.165, 1.54) is 19.2 Å². The maximum absolute atomic E-state index is 13.4. The normalized spacial score (nSPS) is 19.8. The van der Waals surface area contributed by atoms with Gasteiger partial charge in [-0.05, 0) is 48.7 Å². The van der Waals surface area contributed by atoms with E-state index >= 15 is 0 Å². The fraction of sp³-hybridized carbons (Fsp3) is 0.286. The highest BCUT2D eigenvalue weighted by molar-refractivity contribution is 7.99. The van der Waals surface area contributed by atoms with E-state index in [4.69, 9.17) is 4.74 Å². The molecule has 30 heavy (non-hydrogen) atoms. The van der Waals surface area contributed by atoms with Crippen LogP contribution in [0.2, 0.25) is 0 Å². The number of benzene rings is 2. The molecular formula is C21H24N2O5S2. The van der Waals surface area contributed by atoms with E-state index in [1.807, 2.05) is 36.4 Å². The zero-order valence-electron chi connectivity index (χ0n) is 16.5. The minimum Gasteiger partial charge on any atom is -0.497 e. The van der Waals surface area contributed by atoms with Crippen molar-refractivity contribution in [1.29, 1.82) is 0 Å². The van der Waals surface area contributed by atoms with Gasteiger partial charge in [-0.2, -0.15) is 4.31 Å². The smallest absolute Gasteiger partial charge is 0.262 e. The summed E-state index contributed by atoms with van der Waals surface area (Å²) in [6.07, 6.45) is 4.15. The van der Waals surface area contributed by atoms with Crippen LogP contribution in [0.3, 0.4) is 0 Å². The number of thioether (sulfide) groups is 1. The lowest BCUT2D eigenvalue weighted by molar-refractivity contribution is -0.134. The molecule has 0 aliphatic carbocycles. The molecular weight excluding hydrogens is 424 g/mol. The van der Waals surface area contributed by atoms with Gasteiger partial charge in [0, 0.05) is 17.2 Å². The van der Waals surface area contributed by atoms with Crippen LogP contribution in [0.5, 0.6) is 5.75 Å². The molecule has 0 saturated heterocycles. The third-order valence-corrected chi connectivity index (χ3v) is 7.96. The minimum absolute atomic E-state index is 0.0406. The first-order chi connectivity index (χ1) is 14.5. The van der Waals surface area contributed by atoms with Gasteiger partial charge in [0.25, 0.3) is 5.91 Å². The van der Waals surface area contributed by atoms with Crippen molar-refractivity contribution in [2.45, 2.75) is 22.3 Å². The lowest BCUT2D eigenvalue weighted by Crippen LogP contribution is -2.52. The molecule has 2 unspecified atom stereocenters. The Morgan fingerprint density at radius 2 is 1.87 bits per heavy atom. The van der Waals surface area contributed by atoms with Crippen molar-refractivity contribution in [1.82, 2.24) is 9.79 Å². The number of hydroxylamine groups is 1. The Morgan fingerprint density at radius 3 is 2.50 bits per heavy atom. The SMILES string of the molecule is COc1ccc(S(=O)(=O)N2CC=CCC(CSc3ccccc3)C2C(=O)NO)cc1. The fourth-order valence-electron chi connectivity index (χ4n) is 3.35. The molecule has 2 aromatic carbocycles. The van der Waals surface area contributed by atoms with Crippen molar-refractivity contribution >= 4 is 27.7 Å². The van der Waals surface area contributed by atoms with Crippen molar-refractivity contribution < 1.29 is 23.2 Å². The second-order valence-electron chi connectivity index (χ2n) is 6.76. The van der Waals surface area contributed by atoms with E-state index in [0.29, 0.717) is 17.9 Å². The van der Waals surface area contributed by atoms with E-state index in [1.54, 1.807) is 35.5 Å². The monoisotopic (exact) mass is 448 g/mol. The Balaban J connectivity index is 1.91. The molecule has 7 nitrogen and oxygen atoms in total. The molecule has 0 spiro atoms. The maximum Gasteiger partial charge on any atom is 0.262 e. The van der Waals surface area contributed by atoms with Gasteiger partial charge in [-0.3, -0.25) is 10.0 Å². The second-order valence-corrected chi connectivity index (χ2v) is 9.75. The average Bonchev–Trinajstić information content (AvgIpc) is 3.01. The fourth-order valence-corrected chi connectivity index (χ4v) is 6.02. The summed E-state index contributed by atoms with van der Waals surface area (Å²) in [5, 5.41) is 9.34. The van der Waals surface area contributed by atoms with Crippen LogP contribution in [0.15, 0.2) is 76.5 Å². The van der Waals surface area contributed by atoms with E-state index in [9.17, 15) is 18.4 Å². The van der Waals surface area contributed by atoms with Crippen LogP contribution < -0.4 is 10.2 Å². The Morgan fingerprint density at radius 1 is 1.17 bits per heavy atom. The van der Waals surface area contributed by atoms with Crippen LogP contribution in [0.25, 0.3) is 0 Å². The van der Waals surface area contributed by atoms with E-state index in [2.05, 4.69) is 0 Å². The highest BCUT2D eigenvalue weighted by Crippen LogP contribution is 2.31. The number of nitrogens with one attached hydrogen (secondary N) is 1. The number of hydrogen-bond donors (Lipinski definition) is 2. The van der Waals surface area contributed by atoms with Crippen molar-refractivity contribution in [3.8, 4) is 5.75 Å². The summed E-state index contributed by atoms with van der Waals surface area (Å²) in [6.45, 7) is 0.0406. The van der Waals surface area contributed by atoms with Crippen LogP contribution >= 0.6 is 11.8 Å². The molecule has 2 aromatic rings. The van der Waals surface area contributed by atoms with Crippen molar-refractivity contribution in [3.63, 3.8) is 0 Å². The lowest BCUT2D eigenvalue weighted by Gasteiger charge is -2.32.